The van der Waals surface area contributed by atoms with Crippen molar-refractivity contribution >= 4 is 17.9 Å². The first kappa shape index (κ1) is 56.9. The van der Waals surface area contributed by atoms with Gasteiger partial charge in [0.05, 0.1) is 0 Å². The molecule has 0 aliphatic carbocycles. The number of allylic oxidation sites excluding steroid dienone is 4. The smallest absolute Gasteiger partial charge is 0.306 e. The molecular formula is C53H98O6. The molecule has 0 aromatic heterocycles. The van der Waals surface area contributed by atoms with Gasteiger partial charge in [-0.2, -0.15) is 0 Å². The van der Waals surface area contributed by atoms with E-state index in [-0.39, 0.29) is 31.1 Å². The SMILES string of the molecule is CCCCCCCCC/C=C\CCCCCC(=O)OC(COC(=O)CCCCCCC/C=C\CCCCCCCCCCC)COC(=O)CCCCCCCCCCC. The van der Waals surface area contributed by atoms with Crippen molar-refractivity contribution in [2.45, 2.75) is 284 Å². The van der Waals surface area contributed by atoms with E-state index >= 15 is 0 Å². The third kappa shape index (κ3) is 46.8. The van der Waals surface area contributed by atoms with Crippen LogP contribution in [0.5, 0.6) is 0 Å². The van der Waals surface area contributed by atoms with Gasteiger partial charge in [-0.05, 0) is 70.6 Å². The van der Waals surface area contributed by atoms with Crippen LogP contribution in [0.3, 0.4) is 0 Å². The Bertz CT molecular complexity index is 958. The number of hydrogen-bond donors (Lipinski definition) is 0. The van der Waals surface area contributed by atoms with Crippen LogP contribution in [0.15, 0.2) is 24.3 Å². The van der Waals surface area contributed by atoms with Crippen LogP contribution in [0.2, 0.25) is 0 Å². The van der Waals surface area contributed by atoms with Crippen LogP contribution in [0.1, 0.15) is 278 Å². The molecule has 0 aromatic carbocycles. The minimum Gasteiger partial charge on any atom is -0.462 e. The minimum absolute atomic E-state index is 0.0769. The van der Waals surface area contributed by atoms with Crippen molar-refractivity contribution in [1.29, 1.82) is 0 Å². The Kier molecular flexibility index (Phi) is 46.8. The maximum absolute atomic E-state index is 12.7. The summed E-state index contributed by atoms with van der Waals surface area (Å²) in [5.41, 5.74) is 0. The Morgan fingerprint density at radius 1 is 0.322 bits per heavy atom. The second-order valence-electron chi connectivity index (χ2n) is 17.4. The first-order chi connectivity index (χ1) is 29.0. The fraction of sp³-hybridized carbons (Fsp3) is 0.868. The summed E-state index contributed by atoms with van der Waals surface area (Å²) in [6.07, 6.45) is 54.5. The summed E-state index contributed by atoms with van der Waals surface area (Å²) in [6, 6.07) is 0. The third-order valence-electron chi connectivity index (χ3n) is 11.4. The summed E-state index contributed by atoms with van der Waals surface area (Å²) < 4.78 is 16.7. The highest BCUT2D eigenvalue weighted by molar-refractivity contribution is 5.71. The molecule has 0 bridgehead atoms. The monoisotopic (exact) mass is 831 g/mol. The van der Waals surface area contributed by atoms with Gasteiger partial charge in [-0.15, -0.1) is 0 Å². The molecule has 0 aromatic rings. The fourth-order valence-corrected chi connectivity index (χ4v) is 7.49. The molecule has 0 radical (unpaired) electrons. The fourth-order valence-electron chi connectivity index (χ4n) is 7.49. The van der Waals surface area contributed by atoms with Crippen LogP contribution in [-0.4, -0.2) is 37.2 Å². The number of hydrogen-bond acceptors (Lipinski definition) is 6. The van der Waals surface area contributed by atoms with Crippen molar-refractivity contribution in [3.8, 4) is 0 Å². The van der Waals surface area contributed by atoms with E-state index in [2.05, 4.69) is 45.1 Å². The Balaban J connectivity index is 4.31. The predicted octanol–water partition coefficient (Wildman–Crippen LogP) is 16.8. The van der Waals surface area contributed by atoms with Crippen LogP contribution in [0, 0.1) is 0 Å². The summed E-state index contributed by atoms with van der Waals surface area (Å²) in [4.78, 5) is 37.8. The molecule has 6 heteroatoms. The first-order valence-corrected chi connectivity index (χ1v) is 25.8. The number of ether oxygens (including phenoxy) is 3. The minimum atomic E-state index is -0.776. The van der Waals surface area contributed by atoms with Gasteiger partial charge in [-0.3, -0.25) is 14.4 Å². The highest BCUT2D eigenvalue weighted by Crippen LogP contribution is 2.15. The average molecular weight is 831 g/mol. The van der Waals surface area contributed by atoms with Crippen molar-refractivity contribution < 1.29 is 28.6 Å². The molecule has 1 unspecified atom stereocenters. The highest BCUT2D eigenvalue weighted by Gasteiger charge is 2.19. The van der Waals surface area contributed by atoms with Crippen molar-refractivity contribution in [3.63, 3.8) is 0 Å². The van der Waals surface area contributed by atoms with Gasteiger partial charge < -0.3 is 14.2 Å². The van der Waals surface area contributed by atoms with Crippen LogP contribution >= 0.6 is 0 Å². The lowest BCUT2D eigenvalue weighted by molar-refractivity contribution is -0.167. The lowest BCUT2D eigenvalue weighted by atomic mass is 10.1. The Morgan fingerprint density at radius 2 is 0.559 bits per heavy atom. The van der Waals surface area contributed by atoms with Crippen LogP contribution in [-0.2, 0) is 28.6 Å². The second kappa shape index (κ2) is 48.6. The van der Waals surface area contributed by atoms with E-state index in [0.29, 0.717) is 19.3 Å². The molecule has 0 aliphatic rings. The number of unbranched alkanes of at least 4 members (excludes halogenated alkanes) is 32. The summed E-state index contributed by atoms with van der Waals surface area (Å²) >= 11 is 0. The molecular weight excluding hydrogens is 733 g/mol. The third-order valence-corrected chi connectivity index (χ3v) is 11.4. The van der Waals surface area contributed by atoms with Gasteiger partial charge in [0.2, 0.25) is 0 Å². The first-order valence-electron chi connectivity index (χ1n) is 25.8. The Morgan fingerprint density at radius 3 is 0.864 bits per heavy atom. The quantitative estimate of drug-likeness (QED) is 0.0263. The Labute approximate surface area is 366 Å². The van der Waals surface area contributed by atoms with E-state index in [1.165, 1.54) is 161 Å². The summed E-state index contributed by atoms with van der Waals surface area (Å²) in [5.74, 6) is -0.893. The van der Waals surface area contributed by atoms with E-state index in [4.69, 9.17) is 14.2 Å². The molecule has 346 valence electrons. The molecule has 0 spiro atoms. The summed E-state index contributed by atoms with van der Waals surface area (Å²) in [5, 5.41) is 0. The topological polar surface area (TPSA) is 78.9 Å². The van der Waals surface area contributed by atoms with Crippen LogP contribution in [0.4, 0.5) is 0 Å². The number of carbonyl (C=O) groups is 3. The summed E-state index contributed by atoms with van der Waals surface area (Å²) in [7, 11) is 0. The molecule has 0 N–H and O–H groups in total. The van der Waals surface area contributed by atoms with Crippen molar-refractivity contribution in [3.05, 3.63) is 24.3 Å². The average Bonchev–Trinajstić information content (AvgIpc) is 3.23. The van der Waals surface area contributed by atoms with E-state index in [0.717, 1.165) is 77.0 Å². The molecule has 59 heavy (non-hydrogen) atoms. The second-order valence-corrected chi connectivity index (χ2v) is 17.4. The van der Waals surface area contributed by atoms with Crippen molar-refractivity contribution in [1.82, 2.24) is 0 Å². The normalized spacial score (nSPS) is 12.1. The number of carbonyl (C=O) groups excluding carboxylic acids is 3. The van der Waals surface area contributed by atoms with Gasteiger partial charge >= 0.3 is 17.9 Å². The van der Waals surface area contributed by atoms with Crippen molar-refractivity contribution in [2.75, 3.05) is 13.2 Å². The lowest BCUT2D eigenvalue weighted by Crippen LogP contribution is -2.30. The number of esters is 3. The number of rotatable bonds is 47. The molecule has 0 fully saturated rings. The maximum atomic E-state index is 12.7. The largest absolute Gasteiger partial charge is 0.462 e. The van der Waals surface area contributed by atoms with Gasteiger partial charge in [0.25, 0.3) is 0 Å². The van der Waals surface area contributed by atoms with Crippen LogP contribution in [0.25, 0.3) is 0 Å². The van der Waals surface area contributed by atoms with E-state index in [9.17, 15) is 14.4 Å². The maximum Gasteiger partial charge on any atom is 0.306 e. The van der Waals surface area contributed by atoms with E-state index in [1.807, 2.05) is 0 Å². The zero-order valence-electron chi connectivity index (χ0n) is 39.5. The molecule has 1 atom stereocenters. The molecule has 0 amide bonds. The zero-order valence-corrected chi connectivity index (χ0v) is 39.5. The predicted molar refractivity (Wildman–Crippen MR) is 252 cm³/mol. The highest BCUT2D eigenvalue weighted by atomic mass is 16.6. The molecule has 0 aliphatic heterocycles. The van der Waals surface area contributed by atoms with Gasteiger partial charge in [-0.25, -0.2) is 0 Å². The van der Waals surface area contributed by atoms with Crippen LogP contribution < -0.4 is 0 Å². The molecule has 0 rings (SSSR count). The Hall–Kier alpha value is -2.11. The van der Waals surface area contributed by atoms with Gasteiger partial charge in [-0.1, -0.05) is 212 Å². The lowest BCUT2D eigenvalue weighted by Gasteiger charge is -2.18. The molecule has 6 nitrogen and oxygen atoms in total. The van der Waals surface area contributed by atoms with E-state index < -0.39 is 6.10 Å². The van der Waals surface area contributed by atoms with Crippen molar-refractivity contribution in [2.24, 2.45) is 0 Å². The molecule has 0 heterocycles. The zero-order chi connectivity index (χ0) is 43.0. The van der Waals surface area contributed by atoms with Gasteiger partial charge in [0.1, 0.15) is 13.2 Å². The molecule has 0 saturated carbocycles. The standard InChI is InChI=1S/C53H98O6/c1-4-7-10-13-16-19-21-23-25-26-27-28-30-31-34-37-40-43-46-52(55)58-49-50(48-57-51(54)45-42-39-36-33-18-15-12-9-6-3)59-53(56)47-44-41-38-35-32-29-24-22-20-17-14-11-8-5-2/h27-29,32,50H,4-26,30-31,33-49H2,1-3H3/b28-27-,32-29-. The van der Waals surface area contributed by atoms with Gasteiger partial charge in [0, 0.05) is 19.3 Å². The van der Waals surface area contributed by atoms with E-state index in [1.54, 1.807) is 0 Å². The van der Waals surface area contributed by atoms with Gasteiger partial charge in [0.15, 0.2) is 6.10 Å². The summed E-state index contributed by atoms with van der Waals surface area (Å²) in [6.45, 7) is 6.62. The molecule has 0 saturated heterocycles.